The smallest absolute Gasteiger partial charge is 0.0341 e. The highest BCUT2D eigenvalue weighted by atomic mass is 14.1. The average Bonchev–Trinajstić information content (AvgIpc) is 2.30. The van der Waals surface area contributed by atoms with Crippen LogP contribution in [-0.4, -0.2) is 0 Å². The Morgan fingerprint density at radius 3 is 1.62 bits per heavy atom. The molecule has 16 heavy (non-hydrogen) atoms. The summed E-state index contributed by atoms with van der Waals surface area (Å²) in [6.07, 6.45) is 12.0. The number of fused-ring (bicyclic) bond motifs is 1. The lowest BCUT2D eigenvalue weighted by Gasteiger charge is -2.07. The van der Waals surface area contributed by atoms with Gasteiger partial charge in [-0.25, -0.2) is 0 Å². The highest BCUT2D eigenvalue weighted by Gasteiger charge is 2.02. The summed E-state index contributed by atoms with van der Waals surface area (Å²) in [5, 5.41) is 2.43. The Bertz CT molecular complexity index is 537. The second-order valence-corrected chi connectivity index (χ2v) is 3.73. The van der Waals surface area contributed by atoms with Crippen LogP contribution < -0.4 is 0 Å². The zero-order valence-electron chi connectivity index (χ0n) is 9.03. The van der Waals surface area contributed by atoms with Gasteiger partial charge in [0.2, 0.25) is 0 Å². The van der Waals surface area contributed by atoms with Crippen LogP contribution in [0, 0.1) is 24.7 Å². The molecule has 2 rings (SSSR count). The van der Waals surface area contributed by atoms with Gasteiger partial charge in [-0.05, 0) is 34.0 Å². The summed E-state index contributed by atoms with van der Waals surface area (Å²) in [4.78, 5) is 0. The first-order chi connectivity index (χ1) is 7.85. The van der Waals surface area contributed by atoms with Crippen molar-refractivity contribution in [1.82, 2.24) is 0 Å². The monoisotopic (exact) mass is 204 g/mol. The first-order valence-electron chi connectivity index (χ1n) is 5.22. The second-order valence-electron chi connectivity index (χ2n) is 3.73. The van der Waals surface area contributed by atoms with Crippen LogP contribution in [0.5, 0.6) is 0 Å². The van der Waals surface area contributed by atoms with Crippen molar-refractivity contribution < 1.29 is 0 Å². The molecule has 0 saturated carbocycles. The van der Waals surface area contributed by atoms with Crippen LogP contribution >= 0.6 is 0 Å². The minimum Gasteiger partial charge on any atom is -0.120 e. The molecule has 0 bridgehead atoms. The topological polar surface area (TPSA) is 0 Å². The molecule has 0 aliphatic heterocycles. The first kappa shape index (κ1) is 10.3. The molecule has 0 spiro atoms. The fraction of sp³-hybridized carbons (Fsp3) is 0.125. The van der Waals surface area contributed by atoms with Crippen LogP contribution in [0.3, 0.4) is 0 Å². The predicted molar refractivity (Wildman–Crippen MR) is 69.0 cm³/mol. The van der Waals surface area contributed by atoms with Gasteiger partial charge in [-0.1, -0.05) is 24.3 Å². The van der Waals surface area contributed by atoms with Gasteiger partial charge in [-0.2, -0.15) is 0 Å². The molecule has 0 heteroatoms. The van der Waals surface area contributed by atoms with Gasteiger partial charge in [0, 0.05) is 12.8 Å². The summed E-state index contributed by atoms with van der Waals surface area (Å²) in [6.45, 7) is 0. The maximum absolute atomic E-state index is 5.37. The van der Waals surface area contributed by atoms with Crippen LogP contribution in [0.2, 0.25) is 0 Å². The zero-order valence-corrected chi connectivity index (χ0v) is 9.03. The van der Waals surface area contributed by atoms with Gasteiger partial charge in [0.05, 0.1) is 0 Å². The largest absolute Gasteiger partial charge is 0.120 e. The molecule has 0 amide bonds. The van der Waals surface area contributed by atoms with E-state index < -0.39 is 0 Å². The number of hydrogen-bond acceptors (Lipinski definition) is 0. The lowest BCUT2D eigenvalue weighted by Crippen LogP contribution is -1.92. The number of rotatable bonds is 2. The Morgan fingerprint density at radius 2 is 1.25 bits per heavy atom. The molecule has 0 unspecified atom stereocenters. The fourth-order valence-corrected chi connectivity index (χ4v) is 1.88. The molecule has 0 aromatic heterocycles. The molecular formula is C16H12. The molecule has 76 valence electrons. The molecule has 0 fully saturated rings. The van der Waals surface area contributed by atoms with Gasteiger partial charge in [0.1, 0.15) is 0 Å². The Labute approximate surface area is 96.3 Å². The van der Waals surface area contributed by atoms with Crippen molar-refractivity contribution in [2.45, 2.75) is 12.8 Å². The number of hydrogen-bond donors (Lipinski definition) is 0. The van der Waals surface area contributed by atoms with Gasteiger partial charge in [0.15, 0.2) is 0 Å². The summed E-state index contributed by atoms with van der Waals surface area (Å²) in [5.41, 5.74) is 2.33. The van der Waals surface area contributed by atoms with Crippen LogP contribution in [0.25, 0.3) is 10.8 Å². The second kappa shape index (κ2) is 4.56. The molecule has 2 aromatic carbocycles. The van der Waals surface area contributed by atoms with Crippen LogP contribution in [-0.2, 0) is 12.8 Å². The van der Waals surface area contributed by atoms with Crippen molar-refractivity contribution in [3.05, 3.63) is 47.5 Å². The molecule has 0 aliphatic carbocycles. The summed E-state index contributed by atoms with van der Waals surface area (Å²) in [5.74, 6) is 5.36. The summed E-state index contributed by atoms with van der Waals surface area (Å²) in [6, 6.07) is 12.5. The van der Waals surface area contributed by atoms with Gasteiger partial charge in [-0.15, -0.1) is 24.7 Å². The number of terminal acetylenes is 2. The summed E-state index contributed by atoms with van der Waals surface area (Å²) < 4.78 is 0. The van der Waals surface area contributed by atoms with E-state index >= 15 is 0 Å². The van der Waals surface area contributed by atoms with Crippen molar-refractivity contribution >= 4 is 10.8 Å². The van der Waals surface area contributed by atoms with E-state index in [0.717, 1.165) is 0 Å². The Morgan fingerprint density at radius 1 is 0.812 bits per heavy atom. The van der Waals surface area contributed by atoms with Gasteiger partial charge in [0.25, 0.3) is 0 Å². The summed E-state index contributed by atoms with van der Waals surface area (Å²) in [7, 11) is 0. The van der Waals surface area contributed by atoms with E-state index in [1.807, 2.05) is 12.1 Å². The minimum atomic E-state index is 0.641. The third-order valence-corrected chi connectivity index (χ3v) is 2.65. The van der Waals surface area contributed by atoms with Crippen molar-refractivity contribution in [2.75, 3.05) is 0 Å². The van der Waals surface area contributed by atoms with Crippen LogP contribution in [0.1, 0.15) is 11.1 Å². The maximum Gasteiger partial charge on any atom is 0.0341 e. The molecule has 2 aromatic rings. The van der Waals surface area contributed by atoms with Crippen molar-refractivity contribution in [3.63, 3.8) is 0 Å². The molecule has 0 aliphatic rings. The molecule has 0 N–H and O–H groups in total. The third-order valence-electron chi connectivity index (χ3n) is 2.65. The quantitative estimate of drug-likeness (QED) is 0.659. The molecule has 0 heterocycles. The Kier molecular flexibility index (Phi) is 2.95. The molecule has 0 saturated heterocycles. The van der Waals surface area contributed by atoms with Crippen LogP contribution in [0.4, 0.5) is 0 Å². The maximum atomic E-state index is 5.37. The predicted octanol–water partition coefficient (Wildman–Crippen LogP) is 3.19. The molecule has 0 nitrogen and oxygen atoms in total. The third kappa shape index (κ3) is 1.92. The lowest BCUT2D eigenvalue weighted by molar-refractivity contribution is 1.20. The lowest BCUT2D eigenvalue weighted by atomic mass is 9.97. The first-order valence-corrected chi connectivity index (χ1v) is 5.22. The highest BCUT2D eigenvalue weighted by Crippen LogP contribution is 2.20. The number of benzene rings is 2. The van der Waals surface area contributed by atoms with Crippen molar-refractivity contribution in [3.8, 4) is 24.7 Å². The zero-order chi connectivity index (χ0) is 11.4. The average molecular weight is 204 g/mol. The molecular weight excluding hydrogens is 192 g/mol. The highest BCUT2D eigenvalue weighted by molar-refractivity contribution is 5.84. The van der Waals surface area contributed by atoms with E-state index in [9.17, 15) is 0 Å². The van der Waals surface area contributed by atoms with E-state index in [4.69, 9.17) is 12.8 Å². The standard InChI is InChI=1S/C16H12/c1-3-7-13-11-15-9-5-6-10-16(15)12-14(13)8-4-2/h1-2,5-6,9-12H,7-8H2. The van der Waals surface area contributed by atoms with Crippen molar-refractivity contribution in [2.24, 2.45) is 0 Å². The van der Waals surface area contributed by atoms with E-state index in [0.29, 0.717) is 12.8 Å². The van der Waals surface area contributed by atoms with Crippen LogP contribution in [0.15, 0.2) is 36.4 Å². The Hall–Kier alpha value is -2.18. The Balaban J connectivity index is 2.63. The van der Waals surface area contributed by atoms with E-state index in [1.165, 1.54) is 21.9 Å². The van der Waals surface area contributed by atoms with E-state index in [-0.39, 0.29) is 0 Å². The molecule has 0 atom stereocenters. The van der Waals surface area contributed by atoms with Gasteiger partial charge < -0.3 is 0 Å². The van der Waals surface area contributed by atoms with Crippen molar-refractivity contribution in [1.29, 1.82) is 0 Å². The minimum absolute atomic E-state index is 0.641. The summed E-state index contributed by atoms with van der Waals surface area (Å²) >= 11 is 0. The normalized spacial score (nSPS) is 9.62. The van der Waals surface area contributed by atoms with Gasteiger partial charge >= 0.3 is 0 Å². The molecule has 0 radical (unpaired) electrons. The van der Waals surface area contributed by atoms with E-state index in [1.54, 1.807) is 0 Å². The van der Waals surface area contributed by atoms with Gasteiger partial charge in [-0.3, -0.25) is 0 Å². The SMILES string of the molecule is C#CCc1cc2ccccc2cc1CC#C. The van der Waals surface area contributed by atoms with E-state index in [2.05, 4.69) is 36.1 Å². The fourth-order valence-electron chi connectivity index (χ4n) is 1.88.